The van der Waals surface area contributed by atoms with E-state index in [0.29, 0.717) is 5.75 Å². The number of hydrogen-bond donors (Lipinski definition) is 0. The number of methoxy groups -OCH3 is 1. The summed E-state index contributed by atoms with van der Waals surface area (Å²) in [6.45, 7) is 4.57. The third kappa shape index (κ3) is 5.97. The molecule has 1 heterocycles. The van der Waals surface area contributed by atoms with Crippen LogP contribution in [0.3, 0.4) is 0 Å². The summed E-state index contributed by atoms with van der Waals surface area (Å²) in [5, 5.41) is -0.156. The Labute approximate surface area is 186 Å². The minimum absolute atomic E-state index is 0.00901. The highest BCUT2D eigenvalue weighted by molar-refractivity contribution is 5.80. The standard InChI is InChI=1S/C23H21F3O7/c1-22(2,3)33-18(27)12-30-15-9-10-16-17(11-15)32-21(23(24,25)26)20(19(16)28)31-14-7-5-13(29-4)6-8-14/h5-11H,12H2,1-4H3. The molecule has 0 bridgehead atoms. The van der Waals surface area contributed by atoms with Gasteiger partial charge in [-0.15, -0.1) is 0 Å². The molecule has 0 atom stereocenters. The Bertz CT molecular complexity index is 1210. The van der Waals surface area contributed by atoms with Crippen LogP contribution in [0, 0.1) is 0 Å². The molecule has 1 aromatic heterocycles. The highest BCUT2D eigenvalue weighted by atomic mass is 19.4. The van der Waals surface area contributed by atoms with Gasteiger partial charge in [0, 0.05) is 6.07 Å². The van der Waals surface area contributed by atoms with Crippen molar-refractivity contribution in [2.24, 2.45) is 0 Å². The monoisotopic (exact) mass is 466 g/mol. The van der Waals surface area contributed by atoms with Gasteiger partial charge in [-0.05, 0) is 57.2 Å². The summed E-state index contributed by atoms with van der Waals surface area (Å²) in [5.41, 5.74) is -2.12. The van der Waals surface area contributed by atoms with Crippen molar-refractivity contribution in [1.29, 1.82) is 0 Å². The van der Waals surface area contributed by atoms with Gasteiger partial charge in [0.05, 0.1) is 12.5 Å². The van der Waals surface area contributed by atoms with Gasteiger partial charge < -0.3 is 23.4 Å². The van der Waals surface area contributed by atoms with E-state index in [1.54, 1.807) is 20.8 Å². The van der Waals surface area contributed by atoms with Crippen molar-refractivity contribution in [3.63, 3.8) is 0 Å². The van der Waals surface area contributed by atoms with Gasteiger partial charge in [0.1, 0.15) is 28.4 Å². The minimum Gasteiger partial charge on any atom is -0.497 e. The van der Waals surface area contributed by atoms with Gasteiger partial charge in [-0.3, -0.25) is 4.79 Å². The molecule has 3 aromatic rings. The second-order valence-corrected chi connectivity index (χ2v) is 7.90. The quantitative estimate of drug-likeness (QED) is 0.454. The van der Waals surface area contributed by atoms with Crippen molar-refractivity contribution in [3.8, 4) is 23.0 Å². The molecular formula is C23H21F3O7. The maximum Gasteiger partial charge on any atom is 0.453 e. The second-order valence-electron chi connectivity index (χ2n) is 7.90. The van der Waals surface area contributed by atoms with Gasteiger partial charge in [-0.2, -0.15) is 13.2 Å². The molecule has 0 aliphatic heterocycles. The number of rotatable bonds is 6. The Balaban J connectivity index is 1.96. The summed E-state index contributed by atoms with van der Waals surface area (Å²) < 4.78 is 66.6. The van der Waals surface area contributed by atoms with Gasteiger partial charge in [0.2, 0.25) is 11.2 Å². The lowest BCUT2D eigenvalue weighted by Gasteiger charge is -2.19. The number of alkyl halides is 3. The molecule has 0 spiro atoms. The number of benzene rings is 2. The Morgan fingerprint density at radius 3 is 2.15 bits per heavy atom. The van der Waals surface area contributed by atoms with Crippen molar-refractivity contribution in [1.82, 2.24) is 0 Å². The minimum atomic E-state index is -5.01. The fraction of sp³-hybridized carbons (Fsp3) is 0.304. The topological polar surface area (TPSA) is 84.2 Å². The van der Waals surface area contributed by atoms with E-state index in [9.17, 15) is 22.8 Å². The van der Waals surface area contributed by atoms with Crippen LogP contribution in [-0.2, 0) is 15.7 Å². The molecule has 0 unspecified atom stereocenters. The average molecular weight is 466 g/mol. The first kappa shape index (κ1) is 24.0. The number of fused-ring (bicyclic) bond motifs is 1. The zero-order valence-electron chi connectivity index (χ0n) is 18.2. The van der Waals surface area contributed by atoms with Crippen LogP contribution in [0.25, 0.3) is 11.0 Å². The summed E-state index contributed by atoms with van der Waals surface area (Å²) >= 11 is 0. The summed E-state index contributed by atoms with van der Waals surface area (Å²) in [6, 6.07) is 9.31. The van der Waals surface area contributed by atoms with Crippen LogP contribution in [0.15, 0.2) is 51.7 Å². The zero-order valence-corrected chi connectivity index (χ0v) is 18.2. The number of carbonyl (C=O) groups is 1. The van der Waals surface area contributed by atoms with Crippen LogP contribution in [0.5, 0.6) is 23.0 Å². The highest BCUT2D eigenvalue weighted by Crippen LogP contribution is 2.38. The van der Waals surface area contributed by atoms with Crippen LogP contribution in [0.1, 0.15) is 26.5 Å². The SMILES string of the molecule is COc1ccc(Oc2c(C(F)(F)F)oc3cc(OCC(=O)OC(C)(C)C)ccc3c2=O)cc1. The second kappa shape index (κ2) is 9.05. The predicted octanol–water partition coefficient (Wildman–Crippen LogP) is 5.33. The third-order valence-electron chi connectivity index (χ3n) is 4.14. The molecule has 3 rings (SSSR count). The lowest BCUT2D eigenvalue weighted by molar-refractivity contribution is -0.157. The summed E-state index contributed by atoms with van der Waals surface area (Å²) in [7, 11) is 1.43. The zero-order chi connectivity index (χ0) is 24.4. The summed E-state index contributed by atoms with van der Waals surface area (Å²) in [6.07, 6.45) is -5.01. The molecule has 0 radical (unpaired) electrons. The molecule has 0 N–H and O–H groups in total. The van der Waals surface area contributed by atoms with Crippen LogP contribution in [0.4, 0.5) is 13.2 Å². The molecule has 10 heteroatoms. The molecule has 2 aromatic carbocycles. The van der Waals surface area contributed by atoms with Crippen molar-refractivity contribution in [2.75, 3.05) is 13.7 Å². The predicted molar refractivity (Wildman–Crippen MR) is 112 cm³/mol. The van der Waals surface area contributed by atoms with Crippen molar-refractivity contribution in [2.45, 2.75) is 32.5 Å². The lowest BCUT2D eigenvalue weighted by Crippen LogP contribution is -2.27. The Morgan fingerprint density at radius 1 is 0.970 bits per heavy atom. The maximum absolute atomic E-state index is 13.7. The molecule has 7 nitrogen and oxygen atoms in total. The molecule has 0 aliphatic rings. The van der Waals surface area contributed by atoms with Crippen molar-refractivity contribution < 1.29 is 41.3 Å². The molecule has 176 valence electrons. The Kier molecular flexibility index (Phi) is 6.57. The summed E-state index contributed by atoms with van der Waals surface area (Å²) in [4.78, 5) is 24.6. The number of halogens is 3. The van der Waals surface area contributed by atoms with Gasteiger partial charge >= 0.3 is 12.1 Å². The molecule has 0 aliphatic carbocycles. The van der Waals surface area contributed by atoms with Crippen LogP contribution >= 0.6 is 0 Å². The van der Waals surface area contributed by atoms with Gasteiger partial charge in [0.25, 0.3) is 5.76 Å². The van der Waals surface area contributed by atoms with Crippen LogP contribution < -0.4 is 19.6 Å². The molecule has 0 amide bonds. The highest BCUT2D eigenvalue weighted by Gasteiger charge is 2.40. The first-order valence-electron chi connectivity index (χ1n) is 9.72. The Hall–Kier alpha value is -3.69. The molecule has 0 fully saturated rings. The van der Waals surface area contributed by atoms with Crippen molar-refractivity contribution >= 4 is 16.9 Å². The first-order valence-corrected chi connectivity index (χ1v) is 9.72. The summed E-state index contributed by atoms with van der Waals surface area (Å²) in [5.74, 6) is -2.78. The van der Waals surface area contributed by atoms with E-state index in [1.807, 2.05) is 0 Å². The van der Waals surface area contributed by atoms with E-state index in [0.717, 1.165) is 6.07 Å². The van der Waals surface area contributed by atoms with Crippen LogP contribution in [0.2, 0.25) is 0 Å². The fourth-order valence-corrected chi connectivity index (χ4v) is 2.80. The van der Waals surface area contributed by atoms with E-state index >= 15 is 0 Å². The van der Waals surface area contributed by atoms with Crippen molar-refractivity contribution in [3.05, 3.63) is 58.4 Å². The number of esters is 1. The first-order chi connectivity index (χ1) is 15.4. The van der Waals surface area contributed by atoms with Crippen LogP contribution in [-0.4, -0.2) is 25.3 Å². The molecule has 0 saturated carbocycles. The maximum atomic E-state index is 13.7. The lowest BCUT2D eigenvalue weighted by atomic mass is 10.2. The van der Waals surface area contributed by atoms with E-state index < -0.39 is 41.3 Å². The van der Waals surface area contributed by atoms with E-state index in [-0.39, 0.29) is 22.5 Å². The molecule has 33 heavy (non-hydrogen) atoms. The van der Waals surface area contributed by atoms with Gasteiger partial charge in [-0.25, -0.2) is 4.79 Å². The van der Waals surface area contributed by atoms with E-state index in [4.69, 9.17) is 23.4 Å². The third-order valence-corrected chi connectivity index (χ3v) is 4.14. The molecular weight excluding hydrogens is 445 g/mol. The van der Waals surface area contributed by atoms with E-state index in [1.165, 1.54) is 43.5 Å². The van der Waals surface area contributed by atoms with E-state index in [2.05, 4.69) is 0 Å². The average Bonchev–Trinajstić information content (AvgIpc) is 2.72. The van der Waals surface area contributed by atoms with Gasteiger partial charge in [0.15, 0.2) is 6.61 Å². The normalized spacial score (nSPS) is 11.8. The smallest absolute Gasteiger partial charge is 0.453 e. The number of carbonyl (C=O) groups excluding carboxylic acids is 1. The Morgan fingerprint density at radius 2 is 1.58 bits per heavy atom. The number of ether oxygens (including phenoxy) is 4. The number of hydrogen-bond acceptors (Lipinski definition) is 7. The fourth-order valence-electron chi connectivity index (χ4n) is 2.80. The molecule has 0 saturated heterocycles. The van der Waals surface area contributed by atoms with Gasteiger partial charge in [-0.1, -0.05) is 0 Å². The largest absolute Gasteiger partial charge is 0.497 e.